The number of rotatable bonds is 3. The van der Waals surface area contributed by atoms with E-state index in [4.69, 9.17) is 27.9 Å². The molecule has 0 bridgehead atoms. The Morgan fingerprint density at radius 3 is 2.33 bits per heavy atom. The van der Waals surface area contributed by atoms with E-state index in [1.807, 2.05) is 31.4 Å². The minimum Gasteiger partial charge on any atom is -0.473 e. The van der Waals surface area contributed by atoms with Gasteiger partial charge in [-0.3, -0.25) is 0 Å². The van der Waals surface area contributed by atoms with Crippen molar-refractivity contribution in [3.05, 3.63) is 39.7 Å². The average Bonchev–Trinajstić information content (AvgIpc) is 2.93. The molecule has 3 nitrogen and oxygen atoms in total. The molecule has 1 aromatic carbocycles. The molecule has 108 valence electrons. The fourth-order valence-electron chi connectivity index (χ4n) is 1.91. The summed E-state index contributed by atoms with van der Waals surface area (Å²) in [4.78, 5) is 10.2. The Labute approximate surface area is 136 Å². The largest absolute Gasteiger partial charge is 0.473 e. The van der Waals surface area contributed by atoms with Crippen LogP contribution >= 0.6 is 34.5 Å². The number of halogens is 2. The van der Waals surface area contributed by atoms with E-state index >= 15 is 0 Å². The second-order valence-corrected chi connectivity index (χ2v) is 6.54. The van der Waals surface area contributed by atoms with Crippen molar-refractivity contribution in [1.29, 1.82) is 0 Å². The minimum absolute atomic E-state index is 0.0123. The highest BCUT2D eigenvalue weighted by molar-refractivity contribution is 7.13. The van der Waals surface area contributed by atoms with Crippen LogP contribution in [0.4, 0.5) is 0 Å². The highest BCUT2D eigenvalue weighted by Gasteiger charge is 2.15. The summed E-state index contributed by atoms with van der Waals surface area (Å²) in [5, 5.41) is 2.92. The van der Waals surface area contributed by atoms with E-state index in [0.717, 1.165) is 10.6 Å². The van der Waals surface area contributed by atoms with Gasteiger partial charge in [-0.25, -0.2) is 9.97 Å². The summed E-state index contributed by atoms with van der Waals surface area (Å²) in [6.07, 6.45) is 0.0123. The van der Waals surface area contributed by atoms with Gasteiger partial charge in [0, 0.05) is 0 Å². The monoisotopic (exact) mass is 338 g/mol. The fourth-order valence-corrected chi connectivity index (χ4v) is 2.94. The number of fused-ring (bicyclic) bond motifs is 1. The van der Waals surface area contributed by atoms with E-state index in [1.54, 1.807) is 23.5 Å². The van der Waals surface area contributed by atoms with Gasteiger partial charge in [0.05, 0.1) is 32.1 Å². The van der Waals surface area contributed by atoms with E-state index in [2.05, 4.69) is 9.97 Å². The van der Waals surface area contributed by atoms with Gasteiger partial charge in [0.15, 0.2) is 0 Å². The van der Waals surface area contributed by atoms with Crippen LogP contribution in [0.5, 0.6) is 5.88 Å². The van der Waals surface area contributed by atoms with Crippen LogP contribution < -0.4 is 4.74 Å². The third-order valence-corrected chi connectivity index (χ3v) is 4.37. The zero-order valence-corrected chi connectivity index (χ0v) is 13.8. The lowest BCUT2D eigenvalue weighted by Crippen LogP contribution is -2.09. The third kappa shape index (κ3) is 2.98. The molecule has 21 heavy (non-hydrogen) atoms. The molecule has 2 heterocycles. The molecule has 3 rings (SSSR count). The van der Waals surface area contributed by atoms with E-state index in [1.165, 1.54) is 0 Å². The summed E-state index contributed by atoms with van der Waals surface area (Å²) in [6, 6.07) is 7.39. The van der Waals surface area contributed by atoms with Crippen LogP contribution in [0.2, 0.25) is 10.0 Å². The van der Waals surface area contributed by atoms with Gasteiger partial charge in [0.25, 0.3) is 0 Å². The van der Waals surface area contributed by atoms with Crippen molar-refractivity contribution in [1.82, 2.24) is 9.97 Å². The molecule has 2 aromatic heterocycles. The first-order valence-corrected chi connectivity index (χ1v) is 8.05. The highest BCUT2D eigenvalue weighted by Crippen LogP contribution is 2.34. The zero-order valence-electron chi connectivity index (χ0n) is 11.4. The van der Waals surface area contributed by atoms with Crippen LogP contribution in [-0.2, 0) is 0 Å². The molecule has 0 aliphatic heterocycles. The topological polar surface area (TPSA) is 35.0 Å². The van der Waals surface area contributed by atoms with Gasteiger partial charge in [-0.1, -0.05) is 29.3 Å². The lowest BCUT2D eigenvalue weighted by Gasteiger charge is -2.13. The molecular weight excluding hydrogens is 327 g/mol. The van der Waals surface area contributed by atoms with Gasteiger partial charge in [-0.05, 0) is 37.4 Å². The number of hydrogen-bond acceptors (Lipinski definition) is 4. The first-order valence-electron chi connectivity index (χ1n) is 6.42. The number of nitrogens with zero attached hydrogens (tertiary/aromatic N) is 2. The van der Waals surface area contributed by atoms with Crippen LogP contribution in [0.3, 0.4) is 0 Å². The van der Waals surface area contributed by atoms with Crippen molar-refractivity contribution in [2.45, 2.75) is 20.0 Å². The number of thiophene rings is 1. The summed E-state index contributed by atoms with van der Waals surface area (Å²) < 4.78 is 5.80. The zero-order chi connectivity index (χ0) is 15.0. The van der Waals surface area contributed by atoms with Gasteiger partial charge >= 0.3 is 0 Å². The van der Waals surface area contributed by atoms with E-state index in [0.29, 0.717) is 27.0 Å². The predicted molar refractivity (Wildman–Crippen MR) is 88.6 cm³/mol. The Morgan fingerprint density at radius 1 is 1.10 bits per heavy atom. The Balaban J connectivity index is 2.25. The maximum Gasteiger partial charge on any atom is 0.242 e. The third-order valence-electron chi connectivity index (χ3n) is 2.78. The molecule has 0 aliphatic rings. The van der Waals surface area contributed by atoms with Crippen LogP contribution in [-0.4, -0.2) is 16.1 Å². The maximum absolute atomic E-state index is 6.06. The van der Waals surface area contributed by atoms with Gasteiger partial charge in [-0.2, -0.15) is 0 Å². The van der Waals surface area contributed by atoms with Crippen molar-refractivity contribution in [2.24, 2.45) is 0 Å². The second kappa shape index (κ2) is 5.79. The molecule has 0 amide bonds. The molecule has 3 aromatic rings. The van der Waals surface area contributed by atoms with Crippen LogP contribution in [0.15, 0.2) is 29.6 Å². The minimum atomic E-state index is 0.0123. The Hall–Kier alpha value is -1.36. The van der Waals surface area contributed by atoms with E-state index in [9.17, 15) is 0 Å². The molecule has 0 N–H and O–H groups in total. The van der Waals surface area contributed by atoms with Gasteiger partial charge < -0.3 is 4.74 Å². The van der Waals surface area contributed by atoms with Crippen LogP contribution in [0.25, 0.3) is 21.6 Å². The Morgan fingerprint density at radius 2 is 1.76 bits per heavy atom. The molecule has 0 saturated heterocycles. The van der Waals surface area contributed by atoms with Gasteiger partial charge in [0.1, 0.15) is 5.69 Å². The van der Waals surface area contributed by atoms with Crippen molar-refractivity contribution in [2.75, 3.05) is 0 Å². The number of aromatic nitrogens is 2. The van der Waals surface area contributed by atoms with E-state index in [-0.39, 0.29) is 6.10 Å². The lowest BCUT2D eigenvalue weighted by atomic mass is 10.2. The normalized spacial score (nSPS) is 11.3. The van der Waals surface area contributed by atoms with Crippen molar-refractivity contribution in [3.63, 3.8) is 0 Å². The number of hydrogen-bond donors (Lipinski definition) is 0. The van der Waals surface area contributed by atoms with Crippen molar-refractivity contribution < 1.29 is 4.74 Å². The Bertz CT molecular complexity index is 788. The fraction of sp³-hybridized carbons (Fsp3) is 0.200. The lowest BCUT2D eigenvalue weighted by molar-refractivity contribution is 0.234. The van der Waals surface area contributed by atoms with Crippen molar-refractivity contribution in [3.8, 4) is 16.5 Å². The smallest absolute Gasteiger partial charge is 0.242 e. The van der Waals surface area contributed by atoms with Crippen LogP contribution in [0.1, 0.15) is 13.8 Å². The second-order valence-electron chi connectivity index (χ2n) is 4.78. The summed E-state index contributed by atoms with van der Waals surface area (Å²) in [7, 11) is 0. The molecule has 0 unspecified atom stereocenters. The summed E-state index contributed by atoms with van der Waals surface area (Å²) in [5.41, 5.74) is 2.09. The van der Waals surface area contributed by atoms with Gasteiger partial charge in [-0.15, -0.1) is 11.3 Å². The predicted octanol–water partition coefficient (Wildman–Crippen LogP) is 5.45. The number of ether oxygens (including phenoxy) is 1. The quantitative estimate of drug-likeness (QED) is 0.636. The van der Waals surface area contributed by atoms with Crippen LogP contribution in [0, 0.1) is 0 Å². The molecule has 0 fully saturated rings. The summed E-state index contributed by atoms with van der Waals surface area (Å²) in [5.74, 6) is 0.512. The Kier molecular flexibility index (Phi) is 4.02. The summed E-state index contributed by atoms with van der Waals surface area (Å²) >= 11 is 13.7. The van der Waals surface area contributed by atoms with E-state index < -0.39 is 0 Å². The van der Waals surface area contributed by atoms with Crippen molar-refractivity contribution >= 4 is 45.6 Å². The molecule has 6 heteroatoms. The summed E-state index contributed by atoms with van der Waals surface area (Å²) in [6.45, 7) is 3.91. The molecule has 0 spiro atoms. The average molecular weight is 339 g/mol. The number of benzene rings is 1. The SMILES string of the molecule is CC(C)Oc1nc2cc(Cl)c(Cl)cc2nc1-c1cccs1. The molecule has 0 saturated carbocycles. The molecule has 0 aliphatic carbocycles. The molecule has 0 atom stereocenters. The maximum atomic E-state index is 6.06. The molecule has 0 radical (unpaired) electrons. The van der Waals surface area contributed by atoms with Gasteiger partial charge in [0.2, 0.25) is 5.88 Å². The first kappa shape index (κ1) is 14.6. The standard InChI is InChI=1S/C15H12Cl2N2OS/c1-8(2)20-15-14(13-4-3-5-21-13)18-11-6-9(16)10(17)7-12(11)19-15/h3-8H,1-2H3. The first-order chi connectivity index (χ1) is 10.0. The molecular formula is C15H12Cl2N2OS. The highest BCUT2D eigenvalue weighted by atomic mass is 35.5.